The van der Waals surface area contributed by atoms with Crippen LogP contribution >= 0.6 is 11.3 Å². The summed E-state index contributed by atoms with van der Waals surface area (Å²) in [7, 11) is 0. The number of benzene rings is 2. The van der Waals surface area contributed by atoms with E-state index in [0.29, 0.717) is 12.0 Å². The van der Waals surface area contributed by atoms with Crippen LogP contribution in [0.25, 0.3) is 0 Å². The highest BCUT2D eigenvalue weighted by Crippen LogP contribution is 2.39. The summed E-state index contributed by atoms with van der Waals surface area (Å²) in [5, 5.41) is 16.4. The second-order valence-corrected chi connectivity index (χ2v) is 9.63. The minimum atomic E-state index is -1.06. The Hall–Kier alpha value is -2.54. The van der Waals surface area contributed by atoms with E-state index in [9.17, 15) is 14.3 Å². The highest BCUT2D eigenvalue weighted by molar-refractivity contribution is 7.10. The molecule has 168 valence electrons. The number of nitrogens with one attached hydrogen (secondary N) is 1. The van der Waals surface area contributed by atoms with E-state index in [4.69, 9.17) is 0 Å². The van der Waals surface area contributed by atoms with Gasteiger partial charge in [-0.2, -0.15) is 0 Å². The summed E-state index contributed by atoms with van der Waals surface area (Å²) < 4.78 is 13.3. The first-order valence-corrected chi connectivity index (χ1v) is 11.9. The van der Waals surface area contributed by atoms with Crippen molar-refractivity contribution in [2.75, 3.05) is 13.1 Å². The van der Waals surface area contributed by atoms with Crippen molar-refractivity contribution in [3.05, 3.63) is 93.9 Å². The predicted octanol–water partition coefficient (Wildman–Crippen LogP) is 4.82. The minimum absolute atomic E-state index is 0.126. The average molecular weight is 453 g/mol. The SMILES string of the molecule is CC1(O)CCN(CCCc2ccccc2)C(c2cccs2)C1NC(=O)c1ccc(F)cc1. The standard InChI is InChI=1S/C26H29FN2O2S/c1-26(31)15-17-29(16-5-9-19-7-3-2-4-8-19)23(22-10-6-18-32-22)24(26)28-25(30)20-11-13-21(27)14-12-20/h2-4,6-8,10-14,18,23-24,31H,5,9,15-17H2,1H3,(H,28,30). The number of piperidine rings is 1. The topological polar surface area (TPSA) is 52.6 Å². The molecule has 0 spiro atoms. The highest BCUT2D eigenvalue weighted by Gasteiger charge is 2.46. The first-order chi connectivity index (χ1) is 15.4. The minimum Gasteiger partial charge on any atom is -0.388 e. The van der Waals surface area contributed by atoms with Gasteiger partial charge in [0, 0.05) is 17.0 Å². The average Bonchev–Trinajstić information content (AvgIpc) is 3.31. The Morgan fingerprint density at radius 1 is 1.16 bits per heavy atom. The summed E-state index contributed by atoms with van der Waals surface area (Å²) in [6.45, 7) is 3.42. The van der Waals surface area contributed by atoms with E-state index in [2.05, 4.69) is 40.5 Å². The van der Waals surface area contributed by atoms with Gasteiger partial charge in [0.2, 0.25) is 0 Å². The Bertz CT molecular complexity index is 1010. The van der Waals surface area contributed by atoms with Crippen molar-refractivity contribution in [1.82, 2.24) is 10.2 Å². The van der Waals surface area contributed by atoms with E-state index < -0.39 is 11.6 Å². The van der Waals surface area contributed by atoms with Crippen LogP contribution in [0.4, 0.5) is 4.39 Å². The van der Waals surface area contributed by atoms with Crippen LogP contribution in [-0.4, -0.2) is 40.6 Å². The molecule has 1 saturated heterocycles. The lowest BCUT2D eigenvalue weighted by Crippen LogP contribution is -2.62. The highest BCUT2D eigenvalue weighted by atomic mass is 32.1. The molecular formula is C26H29FN2O2S. The van der Waals surface area contributed by atoms with Gasteiger partial charge in [-0.1, -0.05) is 36.4 Å². The molecule has 3 aromatic rings. The number of aliphatic hydroxyl groups is 1. The summed E-state index contributed by atoms with van der Waals surface area (Å²) in [6.07, 6.45) is 2.54. The van der Waals surface area contributed by atoms with E-state index in [1.807, 2.05) is 17.5 Å². The fourth-order valence-electron chi connectivity index (χ4n) is 4.46. The van der Waals surface area contributed by atoms with Gasteiger partial charge in [-0.05, 0) is 74.0 Å². The zero-order valence-corrected chi connectivity index (χ0v) is 19.0. The van der Waals surface area contributed by atoms with Gasteiger partial charge < -0.3 is 10.4 Å². The van der Waals surface area contributed by atoms with Gasteiger partial charge in [-0.25, -0.2) is 4.39 Å². The van der Waals surface area contributed by atoms with Crippen molar-refractivity contribution in [1.29, 1.82) is 0 Å². The summed E-state index contributed by atoms with van der Waals surface area (Å²) >= 11 is 1.64. The normalized spacial score (nSPS) is 23.7. The van der Waals surface area contributed by atoms with Crippen LogP contribution in [0, 0.1) is 5.82 Å². The van der Waals surface area contributed by atoms with Gasteiger partial charge in [0.25, 0.3) is 5.91 Å². The lowest BCUT2D eigenvalue weighted by Gasteiger charge is -2.48. The van der Waals surface area contributed by atoms with Crippen LogP contribution in [0.5, 0.6) is 0 Å². The monoisotopic (exact) mass is 452 g/mol. The molecular weight excluding hydrogens is 423 g/mol. The molecule has 0 radical (unpaired) electrons. The third-order valence-corrected chi connectivity index (χ3v) is 7.21. The Balaban J connectivity index is 1.54. The number of hydrogen-bond acceptors (Lipinski definition) is 4. The molecule has 0 saturated carbocycles. The summed E-state index contributed by atoms with van der Waals surface area (Å²) in [5.74, 6) is -0.685. The van der Waals surface area contributed by atoms with Gasteiger partial charge in [0.05, 0.1) is 17.7 Å². The first-order valence-electron chi connectivity index (χ1n) is 11.0. The van der Waals surface area contributed by atoms with E-state index in [1.54, 1.807) is 18.3 Å². The molecule has 2 N–H and O–H groups in total. The van der Waals surface area contributed by atoms with Crippen LogP contribution in [0.2, 0.25) is 0 Å². The number of thiophene rings is 1. The smallest absolute Gasteiger partial charge is 0.251 e. The maximum Gasteiger partial charge on any atom is 0.251 e. The molecule has 1 aromatic heterocycles. The lowest BCUT2D eigenvalue weighted by atomic mass is 9.81. The van der Waals surface area contributed by atoms with Crippen molar-refractivity contribution in [3.63, 3.8) is 0 Å². The predicted molar refractivity (Wildman–Crippen MR) is 126 cm³/mol. The number of carbonyl (C=O) groups excluding carboxylic acids is 1. The fraction of sp³-hybridized carbons (Fsp3) is 0.346. The van der Waals surface area contributed by atoms with Crippen LogP contribution in [-0.2, 0) is 6.42 Å². The molecule has 32 heavy (non-hydrogen) atoms. The molecule has 2 heterocycles. The summed E-state index contributed by atoms with van der Waals surface area (Å²) in [4.78, 5) is 16.5. The van der Waals surface area contributed by atoms with Crippen molar-refractivity contribution >= 4 is 17.2 Å². The van der Waals surface area contributed by atoms with Crippen LogP contribution in [0.1, 0.15) is 46.6 Å². The van der Waals surface area contributed by atoms with E-state index in [1.165, 1.54) is 29.8 Å². The molecule has 1 amide bonds. The Morgan fingerprint density at radius 2 is 1.91 bits per heavy atom. The third kappa shape index (κ3) is 5.26. The second kappa shape index (κ2) is 9.94. The second-order valence-electron chi connectivity index (χ2n) is 8.65. The molecule has 0 aliphatic carbocycles. The van der Waals surface area contributed by atoms with Crippen LogP contribution in [0.3, 0.4) is 0 Å². The first kappa shape index (κ1) is 22.6. The van der Waals surface area contributed by atoms with Crippen molar-refractivity contribution in [3.8, 4) is 0 Å². The summed E-state index contributed by atoms with van der Waals surface area (Å²) in [5.41, 5.74) is 0.638. The molecule has 4 rings (SSSR count). The largest absolute Gasteiger partial charge is 0.388 e. The molecule has 4 nitrogen and oxygen atoms in total. The lowest BCUT2D eigenvalue weighted by molar-refractivity contribution is -0.0632. The Morgan fingerprint density at radius 3 is 2.59 bits per heavy atom. The van der Waals surface area contributed by atoms with Crippen LogP contribution in [0.15, 0.2) is 72.1 Å². The van der Waals surface area contributed by atoms with Crippen molar-refractivity contribution in [2.45, 2.75) is 43.9 Å². The van der Waals surface area contributed by atoms with Crippen molar-refractivity contribution in [2.24, 2.45) is 0 Å². The molecule has 2 aromatic carbocycles. The van der Waals surface area contributed by atoms with E-state index in [0.717, 1.165) is 30.8 Å². The molecule has 0 bridgehead atoms. The van der Waals surface area contributed by atoms with Gasteiger partial charge in [-0.15, -0.1) is 11.3 Å². The van der Waals surface area contributed by atoms with E-state index in [-0.39, 0.29) is 17.8 Å². The molecule has 3 unspecified atom stereocenters. The van der Waals surface area contributed by atoms with Gasteiger partial charge in [-0.3, -0.25) is 9.69 Å². The van der Waals surface area contributed by atoms with Gasteiger partial charge in [0.15, 0.2) is 0 Å². The number of nitrogens with zero attached hydrogens (tertiary/aromatic N) is 1. The number of amides is 1. The number of likely N-dealkylation sites (tertiary alicyclic amines) is 1. The molecule has 6 heteroatoms. The molecule has 1 aliphatic rings. The fourth-order valence-corrected chi connectivity index (χ4v) is 5.36. The Labute approximate surface area is 192 Å². The van der Waals surface area contributed by atoms with Gasteiger partial charge >= 0.3 is 0 Å². The van der Waals surface area contributed by atoms with E-state index >= 15 is 0 Å². The third-order valence-electron chi connectivity index (χ3n) is 6.27. The zero-order chi connectivity index (χ0) is 22.6. The maximum absolute atomic E-state index is 13.3. The van der Waals surface area contributed by atoms with Crippen LogP contribution < -0.4 is 5.32 Å². The Kier molecular flexibility index (Phi) is 7.04. The number of hydrogen-bond donors (Lipinski definition) is 2. The quantitative estimate of drug-likeness (QED) is 0.541. The number of carbonyl (C=O) groups is 1. The molecule has 3 atom stereocenters. The van der Waals surface area contributed by atoms with Gasteiger partial charge in [0.1, 0.15) is 5.82 Å². The molecule has 1 fully saturated rings. The number of halogens is 1. The zero-order valence-electron chi connectivity index (χ0n) is 18.2. The molecule has 1 aliphatic heterocycles. The maximum atomic E-state index is 13.3. The number of aryl methyl sites for hydroxylation is 1. The summed E-state index contributed by atoms with van der Waals surface area (Å²) in [6, 6.07) is 19.4. The number of rotatable bonds is 7. The van der Waals surface area contributed by atoms with Crippen molar-refractivity contribution < 1.29 is 14.3 Å².